The van der Waals surface area contributed by atoms with Crippen LogP contribution in [0, 0.1) is 0 Å². The van der Waals surface area contributed by atoms with Crippen LogP contribution in [0.5, 0.6) is 0 Å². The van der Waals surface area contributed by atoms with Gasteiger partial charge in [-0.1, -0.05) is 0 Å². The molecule has 1 aliphatic rings. The summed E-state index contributed by atoms with van der Waals surface area (Å²) >= 11 is 8.80. The van der Waals surface area contributed by atoms with Gasteiger partial charge in [-0.3, -0.25) is 19.2 Å². The lowest BCUT2D eigenvalue weighted by Crippen LogP contribution is -2.30. The molecule has 0 radical (unpaired) electrons. The molecule has 1 fully saturated rings. The van der Waals surface area contributed by atoms with E-state index < -0.39 is 40.8 Å². The normalized spacial score (nSPS) is 14.2. The van der Waals surface area contributed by atoms with Gasteiger partial charge in [0.25, 0.3) is 0 Å². The van der Waals surface area contributed by atoms with Crippen LogP contribution in [0.15, 0.2) is 0 Å². The Morgan fingerprint density at radius 1 is 1.06 bits per heavy atom. The van der Waals surface area contributed by atoms with Crippen molar-refractivity contribution >= 4 is 82.7 Å². The Morgan fingerprint density at radius 2 is 1.50 bits per heavy atom. The summed E-state index contributed by atoms with van der Waals surface area (Å²) in [7, 11) is 0. The Balaban J connectivity index is -0.000000201. The fourth-order valence-corrected chi connectivity index (χ4v) is 1.71. The average molecular weight is 548 g/mol. The van der Waals surface area contributed by atoms with Crippen molar-refractivity contribution in [3.8, 4) is 0 Å². The van der Waals surface area contributed by atoms with Crippen LogP contribution >= 0.6 is 48.0 Å². The van der Waals surface area contributed by atoms with Crippen LogP contribution < -0.4 is 11.1 Å². The van der Waals surface area contributed by atoms with Crippen LogP contribution in [0.3, 0.4) is 0 Å². The van der Waals surface area contributed by atoms with Crippen molar-refractivity contribution < 1.29 is 48.1 Å². The molecule has 1 rings (SSSR count). The van der Waals surface area contributed by atoms with Crippen molar-refractivity contribution in [3.63, 3.8) is 0 Å². The lowest BCUT2D eigenvalue weighted by molar-refractivity contribution is -0.145. The lowest BCUT2D eigenvalue weighted by atomic mass is 10.2. The number of cyclic esters (lactones) is 2. The number of esters is 3. The van der Waals surface area contributed by atoms with Crippen LogP contribution in [0.4, 0.5) is 9.59 Å². The largest absolute Gasteiger partial charge is 0.480 e. The summed E-state index contributed by atoms with van der Waals surface area (Å²) < 4.78 is 12.6. The van der Waals surface area contributed by atoms with E-state index in [9.17, 15) is 24.0 Å². The molecule has 0 aromatic rings. The number of rotatable bonds is 9. The number of hydrogen-bond donors (Lipinski definition) is 3. The number of nitrogens with two attached hydrogens (primary N) is 1. The van der Waals surface area contributed by atoms with Crippen LogP contribution in [0.2, 0.25) is 0 Å². The summed E-state index contributed by atoms with van der Waals surface area (Å²) in [6.45, 7) is 4.00. The summed E-state index contributed by atoms with van der Waals surface area (Å²) in [5.41, 5.74) is 5.15. The van der Waals surface area contributed by atoms with Crippen molar-refractivity contribution in [2.45, 2.75) is 51.6 Å². The number of nitrogens with one attached hydrogen (secondary N) is 1. The highest BCUT2D eigenvalue weighted by atomic mass is 35.5. The highest BCUT2D eigenvalue weighted by Crippen LogP contribution is 2.07. The van der Waals surface area contributed by atoms with E-state index in [0.717, 1.165) is 0 Å². The molecule has 1 aliphatic heterocycles. The Kier molecular flexibility index (Phi) is 26.1. The molecule has 0 aromatic carbocycles. The Labute approximate surface area is 206 Å². The fourth-order valence-electron chi connectivity index (χ4n) is 1.71. The second kappa shape index (κ2) is 22.3. The van der Waals surface area contributed by atoms with E-state index in [0.29, 0.717) is 13.2 Å². The molecule has 0 aliphatic carbocycles. The maximum absolute atomic E-state index is 10.9. The Hall–Kier alpha value is -1.86. The number of halogens is 4. The van der Waals surface area contributed by atoms with Gasteiger partial charge in [0.1, 0.15) is 12.1 Å². The van der Waals surface area contributed by atoms with Crippen LogP contribution in [-0.2, 0) is 33.4 Å². The summed E-state index contributed by atoms with van der Waals surface area (Å²) in [6.07, 6.45) is -0.281. The van der Waals surface area contributed by atoms with E-state index in [4.69, 9.17) is 15.6 Å². The van der Waals surface area contributed by atoms with Crippen molar-refractivity contribution in [3.05, 3.63) is 0 Å². The highest BCUT2D eigenvalue weighted by Gasteiger charge is 2.32. The molecule has 188 valence electrons. The van der Waals surface area contributed by atoms with Crippen LogP contribution in [0.25, 0.3) is 0 Å². The third-order valence-corrected chi connectivity index (χ3v) is 2.99. The van der Waals surface area contributed by atoms with Gasteiger partial charge in [0.2, 0.25) is 0 Å². The number of aliphatic carboxylic acids is 1. The molecule has 0 aromatic heterocycles. The molecule has 4 N–H and O–H groups in total. The molecule has 0 saturated carbocycles. The number of hydrogen-bond acceptors (Lipinski definition) is 10. The zero-order valence-electron chi connectivity index (χ0n) is 17.2. The Bertz CT molecular complexity index is 618. The van der Waals surface area contributed by atoms with Gasteiger partial charge in [0, 0.05) is 12.8 Å². The molecular weight excluding hydrogens is 522 g/mol. The molecule has 1 unspecified atom stereocenters. The second-order valence-electron chi connectivity index (χ2n) is 5.26. The zero-order chi connectivity index (χ0) is 23.7. The van der Waals surface area contributed by atoms with E-state index in [1.54, 1.807) is 13.8 Å². The number of ether oxygens (including phenoxy) is 3. The maximum Gasteiger partial charge on any atom is 0.415 e. The highest BCUT2D eigenvalue weighted by molar-refractivity contribution is 6.93. The summed E-state index contributed by atoms with van der Waals surface area (Å²) in [5, 5.41) is 10.6. The minimum Gasteiger partial charge on any atom is -0.480 e. The van der Waals surface area contributed by atoms with Gasteiger partial charge in [-0.05, 0) is 49.9 Å². The first-order valence-electron chi connectivity index (χ1n) is 8.61. The third-order valence-electron chi connectivity index (χ3n) is 2.99. The molecular formula is C16H26Cl4N2O10. The molecule has 1 heterocycles. The van der Waals surface area contributed by atoms with Gasteiger partial charge in [0.15, 0.2) is 0 Å². The molecule has 0 bridgehead atoms. The smallest absolute Gasteiger partial charge is 0.415 e. The van der Waals surface area contributed by atoms with E-state index in [1.807, 2.05) is 0 Å². The van der Waals surface area contributed by atoms with E-state index in [2.05, 4.69) is 42.7 Å². The number of carbonyl (C=O) groups excluding carboxylic acids is 5. The van der Waals surface area contributed by atoms with Crippen molar-refractivity contribution in [1.29, 1.82) is 0 Å². The number of carboxylic acids is 1. The molecule has 16 heteroatoms. The molecule has 1 saturated heterocycles. The van der Waals surface area contributed by atoms with Crippen LogP contribution in [0.1, 0.15) is 39.5 Å². The third kappa shape index (κ3) is 22.8. The molecule has 2 atom stereocenters. The van der Waals surface area contributed by atoms with E-state index in [-0.39, 0.29) is 56.5 Å². The number of carboxylic acid groups (broad SMARTS) is 1. The number of alkyl carbamates (subject to hydrolysis) is 1. The van der Waals surface area contributed by atoms with Crippen LogP contribution in [-0.4, -0.2) is 65.1 Å². The first-order valence-corrected chi connectivity index (χ1v) is 9.36. The minimum atomic E-state index is -1.10. The number of carbonyl (C=O) groups is 6. The molecule has 32 heavy (non-hydrogen) atoms. The van der Waals surface area contributed by atoms with Crippen molar-refractivity contribution in [2.24, 2.45) is 5.73 Å². The number of amides is 1. The van der Waals surface area contributed by atoms with Gasteiger partial charge >= 0.3 is 34.7 Å². The van der Waals surface area contributed by atoms with Crippen molar-refractivity contribution in [1.82, 2.24) is 5.32 Å². The molecule has 0 spiro atoms. The van der Waals surface area contributed by atoms with Gasteiger partial charge in [0.05, 0.1) is 13.2 Å². The SMILES string of the molecule is CCOC(=O)CCC1NC(=O)OC1=O.CCOC(=O)CC[C@H](N)C(=O)O.Cl.Cl.O=C(Cl)Cl. The quantitative estimate of drug-likeness (QED) is 0.166. The minimum absolute atomic E-state index is 0. The lowest BCUT2D eigenvalue weighted by Gasteiger charge is -2.04. The molecule has 1 amide bonds. The Morgan fingerprint density at radius 3 is 1.84 bits per heavy atom. The predicted molar refractivity (Wildman–Crippen MR) is 117 cm³/mol. The van der Waals surface area contributed by atoms with Gasteiger partial charge < -0.3 is 30.4 Å². The van der Waals surface area contributed by atoms with E-state index >= 15 is 0 Å². The fraction of sp³-hybridized carbons (Fsp3) is 0.625. The topological polar surface area (TPSA) is 188 Å². The van der Waals surface area contributed by atoms with Gasteiger partial charge in [-0.2, -0.15) is 0 Å². The first-order chi connectivity index (χ1) is 13.9. The monoisotopic (exact) mass is 546 g/mol. The average Bonchev–Trinajstić information content (AvgIpc) is 2.95. The summed E-state index contributed by atoms with van der Waals surface area (Å²) in [4.78, 5) is 62.2. The maximum atomic E-state index is 10.9. The summed E-state index contributed by atoms with van der Waals surface area (Å²) in [5.74, 6) is -2.53. The summed E-state index contributed by atoms with van der Waals surface area (Å²) in [6, 6.07) is -1.69. The van der Waals surface area contributed by atoms with Gasteiger partial charge in [-0.15, -0.1) is 24.8 Å². The predicted octanol–water partition coefficient (Wildman–Crippen LogP) is 2.13. The second-order valence-corrected chi connectivity index (χ2v) is 6.14. The first kappa shape index (κ1) is 37.5. The van der Waals surface area contributed by atoms with Crippen molar-refractivity contribution in [2.75, 3.05) is 13.2 Å². The van der Waals surface area contributed by atoms with E-state index in [1.165, 1.54) is 0 Å². The van der Waals surface area contributed by atoms with Gasteiger partial charge in [-0.25, -0.2) is 9.59 Å². The molecule has 12 nitrogen and oxygen atoms in total. The zero-order valence-corrected chi connectivity index (χ0v) is 20.3. The standard InChI is InChI=1S/C8H11NO5.C7H13NO4.CCl2O.2ClH/c1-2-13-6(10)4-3-5-7(11)14-8(12)9-5;1-2-12-6(9)4-3-5(8)7(10)11;2-1(3)4;;/h5H,2-4H2,1H3,(H,9,12);5H,2-4,8H2,1H3,(H,10,11);;2*1H/t;5-;;;/m.0.../s1.